The van der Waals surface area contributed by atoms with Gasteiger partial charge in [0, 0.05) is 30.1 Å². The minimum Gasteiger partial charge on any atom is -0.347 e. The maximum atomic E-state index is 12.7. The molecule has 3 aromatic rings. The number of hydrogen-bond donors (Lipinski definition) is 2. The van der Waals surface area contributed by atoms with Crippen LogP contribution in [0.15, 0.2) is 87.1 Å². The van der Waals surface area contributed by atoms with Crippen LogP contribution in [-0.2, 0) is 15.4 Å². The van der Waals surface area contributed by atoms with E-state index in [1.165, 1.54) is 17.8 Å². The summed E-state index contributed by atoms with van der Waals surface area (Å²) < 4.78 is 27.8. The van der Waals surface area contributed by atoms with Gasteiger partial charge in [-0.15, -0.1) is 11.3 Å². The number of carbonyl (C=O) groups excluding carboxylic acids is 1. The molecule has 0 saturated carbocycles. The zero-order valence-electron chi connectivity index (χ0n) is 18.4. The summed E-state index contributed by atoms with van der Waals surface area (Å²) >= 11 is 1.10. The van der Waals surface area contributed by atoms with Gasteiger partial charge in [-0.1, -0.05) is 50.2 Å². The number of likely N-dealkylation sites (N-methyl/N-ethyl adjacent to an activating group) is 1. The molecule has 0 radical (unpaired) electrons. The minimum atomic E-state index is -3.77. The summed E-state index contributed by atoms with van der Waals surface area (Å²) in [6.07, 6.45) is 3.40. The van der Waals surface area contributed by atoms with E-state index in [0.717, 1.165) is 22.7 Å². The summed E-state index contributed by atoms with van der Waals surface area (Å²) in [5.74, 6) is -0.517. The van der Waals surface area contributed by atoms with Crippen LogP contribution in [0.2, 0.25) is 0 Å². The molecule has 170 valence electrons. The van der Waals surface area contributed by atoms with Crippen LogP contribution in [0.4, 0.5) is 11.4 Å². The van der Waals surface area contributed by atoms with E-state index in [0.29, 0.717) is 0 Å². The summed E-state index contributed by atoms with van der Waals surface area (Å²) in [5, 5.41) is 5.74. The number of nitrogens with zero attached hydrogens (tertiary/aromatic N) is 2. The maximum absolute atomic E-state index is 12.7. The van der Waals surface area contributed by atoms with Gasteiger partial charge in [0.15, 0.2) is 0 Å². The molecule has 0 spiro atoms. The minimum absolute atomic E-state index is 0.173. The maximum Gasteiger partial charge on any atom is 0.273 e. The fraction of sp³-hybridized carbons (Fsp3) is 0.167. The van der Waals surface area contributed by atoms with Gasteiger partial charge in [-0.3, -0.25) is 9.52 Å². The van der Waals surface area contributed by atoms with Crippen molar-refractivity contribution in [3.63, 3.8) is 0 Å². The lowest BCUT2D eigenvalue weighted by atomic mass is 9.84. The Morgan fingerprint density at radius 1 is 1.06 bits per heavy atom. The van der Waals surface area contributed by atoms with Crippen molar-refractivity contribution in [2.24, 2.45) is 5.10 Å². The molecule has 2 heterocycles. The fourth-order valence-corrected chi connectivity index (χ4v) is 6.02. The Morgan fingerprint density at radius 3 is 2.52 bits per heavy atom. The average molecular weight is 481 g/mol. The number of hydrogen-bond acceptors (Lipinski definition) is 6. The van der Waals surface area contributed by atoms with Crippen molar-refractivity contribution < 1.29 is 13.2 Å². The predicted octanol–water partition coefficient (Wildman–Crippen LogP) is 4.58. The number of nitrogens with one attached hydrogen (secondary N) is 2. The second-order valence-electron chi connectivity index (χ2n) is 8.06. The van der Waals surface area contributed by atoms with Crippen LogP contribution in [0.25, 0.3) is 0 Å². The molecular weight excluding hydrogens is 456 g/mol. The van der Waals surface area contributed by atoms with E-state index < -0.39 is 15.9 Å². The van der Waals surface area contributed by atoms with E-state index in [9.17, 15) is 13.2 Å². The van der Waals surface area contributed by atoms with Crippen molar-refractivity contribution in [1.82, 2.24) is 5.43 Å². The number of rotatable bonds is 6. The summed E-state index contributed by atoms with van der Waals surface area (Å²) in [7, 11) is -1.77. The van der Waals surface area contributed by atoms with Gasteiger partial charge in [0.25, 0.3) is 15.9 Å². The number of thiophene rings is 1. The van der Waals surface area contributed by atoms with E-state index in [1.54, 1.807) is 35.7 Å². The molecule has 1 aromatic heterocycles. The first kappa shape index (κ1) is 22.8. The number of para-hydroxylation sites is 2. The molecule has 2 N–H and O–H groups in total. The van der Waals surface area contributed by atoms with Gasteiger partial charge in [-0.25, -0.2) is 13.8 Å². The van der Waals surface area contributed by atoms with Gasteiger partial charge in [0.1, 0.15) is 4.21 Å². The highest BCUT2D eigenvalue weighted by Gasteiger charge is 2.37. The SMILES string of the molecule is CN1/C(=C\C=N\NC(=O)c2ccccc2NS(=O)(=O)c2cccs2)C(C)(C)c2ccccc21. The Kier molecular flexibility index (Phi) is 6.09. The highest BCUT2D eigenvalue weighted by molar-refractivity contribution is 7.94. The third kappa shape index (κ3) is 4.42. The van der Waals surface area contributed by atoms with Gasteiger partial charge < -0.3 is 4.90 Å². The van der Waals surface area contributed by atoms with Gasteiger partial charge >= 0.3 is 0 Å². The highest BCUT2D eigenvalue weighted by atomic mass is 32.2. The molecule has 0 fully saturated rings. The Balaban J connectivity index is 1.49. The zero-order valence-corrected chi connectivity index (χ0v) is 20.1. The third-order valence-corrected chi connectivity index (χ3v) is 8.35. The summed E-state index contributed by atoms with van der Waals surface area (Å²) in [4.78, 5) is 14.8. The molecule has 4 rings (SSSR count). The van der Waals surface area contributed by atoms with Crippen LogP contribution in [0.5, 0.6) is 0 Å². The van der Waals surface area contributed by atoms with E-state index >= 15 is 0 Å². The molecule has 0 saturated heterocycles. The first-order valence-corrected chi connectivity index (χ1v) is 12.6. The average Bonchev–Trinajstić information content (AvgIpc) is 3.40. The quantitative estimate of drug-likeness (QED) is 0.399. The zero-order chi connectivity index (χ0) is 23.6. The second-order valence-corrected chi connectivity index (χ2v) is 10.9. The highest BCUT2D eigenvalue weighted by Crippen LogP contribution is 2.46. The van der Waals surface area contributed by atoms with Gasteiger partial charge in [0.2, 0.25) is 0 Å². The van der Waals surface area contributed by atoms with Crippen molar-refractivity contribution >= 4 is 44.9 Å². The molecular formula is C24H24N4O3S2. The lowest BCUT2D eigenvalue weighted by Crippen LogP contribution is -2.23. The second kappa shape index (κ2) is 8.84. The Labute approximate surface area is 197 Å². The van der Waals surface area contributed by atoms with E-state index in [1.807, 2.05) is 25.3 Å². The van der Waals surface area contributed by atoms with Gasteiger partial charge in [-0.2, -0.15) is 5.10 Å². The smallest absolute Gasteiger partial charge is 0.273 e. The lowest BCUT2D eigenvalue weighted by Gasteiger charge is -2.23. The summed E-state index contributed by atoms with van der Waals surface area (Å²) in [6.45, 7) is 4.28. The molecule has 0 atom stereocenters. The van der Waals surface area contributed by atoms with E-state index in [4.69, 9.17) is 0 Å². The molecule has 1 aliphatic rings. The fourth-order valence-electron chi connectivity index (χ4n) is 3.95. The molecule has 2 aromatic carbocycles. The predicted molar refractivity (Wildman–Crippen MR) is 133 cm³/mol. The lowest BCUT2D eigenvalue weighted by molar-refractivity contribution is 0.0956. The van der Waals surface area contributed by atoms with Gasteiger partial charge in [-0.05, 0) is 41.3 Å². The molecule has 0 aliphatic carbocycles. The van der Waals surface area contributed by atoms with Crippen molar-refractivity contribution in [1.29, 1.82) is 0 Å². The number of carbonyl (C=O) groups is 1. The standard InChI is InChI=1S/C24H24N4O3S2/c1-24(2)18-10-5-7-12-20(18)28(3)21(24)14-15-25-26-23(29)17-9-4-6-11-19(17)27-33(30,31)22-13-8-16-32-22/h4-16,27H,1-3H3,(H,26,29)/b21-14-,25-15+. The van der Waals surface area contributed by atoms with Crippen LogP contribution >= 0.6 is 11.3 Å². The van der Waals surface area contributed by atoms with Crippen LogP contribution in [0.1, 0.15) is 29.8 Å². The van der Waals surface area contributed by atoms with E-state index in [-0.39, 0.29) is 20.9 Å². The normalized spacial score (nSPS) is 16.2. The number of sulfonamides is 1. The molecule has 7 nitrogen and oxygen atoms in total. The summed E-state index contributed by atoms with van der Waals surface area (Å²) in [5.41, 5.74) is 6.05. The topological polar surface area (TPSA) is 90.9 Å². The van der Waals surface area contributed by atoms with Crippen LogP contribution in [-0.4, -0.2) is 27.6 Å². The first-order chi connectivity index (χ1) is 15.7. The number of amides is 1. The van der Waals surface area contributed by atoms with Crippen LogP contribution in [0.3, 0.4) is 0 Å². The van der Waals surface area contributed by atoms with Crippen molar-refractivity contribution in [2.45, 2.75) is 23.5 Å². The molecule has 0 bridgehead atoms. The molecule has 1 amide bonds. The van der Waals surface area contributed by atoms with Gasteiger partial charge in [0.05, 0.1) is 11.3 Å². The number of hydrazone groups is 1. The molecule has 1 aliphatic heterocycles. The third-order valence-electron chi connectivity index (χ3n) is 5.59. The van der Waals surface area contributed by atoms with Crippen LogP contribution < -0.4 is 15.0 Å². The van der Waals surface area contributed by atoms with Crippen molar-refractivity contribution in [2.75, 3.05) is 16.7 Å². The molecule has 33 heavy (non-hydrogen) atoms. The van der Waals surface area contributed by atoms with Crippen molar-refractivity contribution in [3.8, 4) is 0 Å². The number of anilines is 2. The summed E-state index contributed by atoms with van der Waals surface area (Å²) in [6, 6.07) is 17.8. The molecule has 9 heteroatoms. The Bertz CT molecular complexity index is 1340. The largest absolute Gasteiger partial charge is 0.347 e. The monoisotopic (exact) mass is 480 g/mol. The van der Waals surface area contributed by atoms with Crippen LogP contribution in [0, 0.1) is 0 Å². The molecule has 0 unspecified atom stereocenters. The number of allylic oxidation sites excluding steroid dienone is 2. The Morgan fingerprint density at radius 2 is 1.79 bits per heavy atom. The van der Waals surface area contributed by atoms with Crippen molar-refractivity contribution in [3.05, 3.63) is 88.9 Å². The number of benzene rings is 2. The Hall–Kier alpha value is -3.43. The first-order valence-electron chi connectivity index (χ1n) is 10.2. The number of fused-ring (bicyclic) bond motifs is 1. The van der Waals surface area contributed by atoms with E-state index in [2.05, 4.69) is 46.1 Å².